The van der Waals surface area contributed by atoms with Gasteiger partial charge in [-0.2, -0.15) is 10.6 Å². The van der Waals surface area contributed by atoms with Gasteiger partial charge in [-0.15, -0.1) is 0 Å². The van der Waals surface area contributed by atoms with Gasteiger partial charge in [0.25, 0.3) is 0 Å². The number of anilines is 1. The number of carbonyl (C=O) groups is 2. The minimum Gasteiger partial charge on any atom is -0.379 e. The zero-order chi connectivity index (χ0) is 19.5. The standard InChI is InChI=1S/C20H19N5O3/c1-13(26)24-28-18-10-6-5-9-15(18)19-16-11-25(12-17(16)22-23-19)20(27)21-14-7-3-2-4-8-14/h2-10H,11-12H2,1H3,(H,21,27)(H,22,23)(H,24,26). The van der Waals surface area contributed by atoms with Crippen LogP contribution in [0.15, 0.2) is 54.6 Å². The Hall–Kier alpha value is -3.81. The summed E-state index contributed by atoms with van der Waals surface area (Å²) in [4.78, 5) is 30.8. The second-order valence-corrected chi connectivity index (χ2v) is 6.44. The van der Waals surface area contributed by atoms with Gasteiger partial charge < -0.3 is 15.1 Å². The van der Waals surface area contributed by atoms with Crippen molar-refractivity contribution in [2.24, 2.45) is 0 Å². The van der Waals surface area contributed by atoms with Crippen LogP contribution in [0, 0.1) is 0 Å². The molecule has 0 aliphatic carbocycles. The number of aromatic amines is 1. The molecule has 1 aromatic heterocycles. The highest BCUT2D eigenvalue weighted by Crippen LogP contribution is 2.35. The highest BCUT2D eigenvalue weighted by atomic mass is 16.7. The van der Waals surface area contributed by atoms with Crippen molar-refractivity contribution in [2.75, 3.05) is 5.32 Å². The van der Waals surface area contributed by atoms with Crippen LogP contribution in [0.2, 0.25) is 0 Å². The maximum Gasteiger partial charge on any atom is 0.322 e. The first-order chi connectivity index (χ1) is 13.6. The summed E-state index contributed by atoms with van der Waals surface area (Å²) in [5, 5.41) is 10.3. The summed E-state index contributed by atoms with van der Waals surface area (Å²) in [5.41, 5.74) is 6.33. The number of hydroxylamine groups is 1. The normalized spacial score (nSPS) is 12.4. The highest BCUT2D eigenvalue weighted by Gasteiger charge is 2.29. The van der Waals surface area contributed by atoms with E-state index in [1.807, 2.05) is 48.5 Å². The van der Waals surface area contributed by atoms with Crippen LogP contribution in [0.5, 0.6) is 5.75 Å². The fourth-order valence-electron chi connectivity index (χ4n) is 3.11. The maximum atomic E-state index is 12.6. The van der Waals surface area contributed by atoms with E-state index in [1.54, 1.807) is 11.0 Å². The van der Waals surface area contributed by atoms with E-state index >= 15 is 0 Å². The third-order valence-electron chi connectivity index (χ3n) is 4.41. The lowest BCUT2D eigenvalue weighted by Gasteiger charge is -2.17. The average Bonchev–Trinajstić information content (AvgIpc) is 3.28. The lowest BCUT2D eigenvalue weighted by molar-refractivity contribution is -0.125. The molecule has 2 aromatic carbocycles. The molecule has 1 aliphatic heterocycles. The summed E-state index contributed by atoms with van der Waals surface area (Å²) in [7, 11) is 0. The lowest BCUT2D eigenvalue weighted by Crippen LogP contribution is -2.30. The van der Waals surface area contributed by atoms with Crippen molar-refractivity contribution in [1.82, 2.24) is 20.6 Å². The number of para-hydroxylation sites is 2. The predicted molar refractivity (Wildman–Crippen MR) is 103 cm³/mol. The number of amides is 3. The van der Waals surface area contributed by atoms with Gasteiger partial charge >= 0.3 is 6.03 Å². The van der Waals surface area contributed by atoms with Crippen LogP contribution in [0.1, 0.15) is 18.2 Å². The number of carbonyl (C=O) groups excluding carboxylic acids is 2. The molecule has 0 saturated carbocycles. The van der Waals surface area contributed by atoms with Crippen LogP contribution in [-0.4, -0.2) is 27.0 Å². The van der Waals surface area contributed by atoms with Crippen molar-refractivity contribution in [3.63, 3.8) is 0 Å². The number of fused-ring (bicyclic) bond motifs is 1. The molecule has 0 unspecified atom stereocenters. The van der Waals surface area contributed by atoms with Crippen molar-refractivity contribution in [3.8, 4) is 17.0 Å². The number of nitrogens with one attached hydrogen (secondary N) is 3. The summed E-state index contributed by atoms with van der Waals surface area (Å²) < 4.78 is 0. The molecule has 142 valence electrons. The van der Waals surface area contributed by atoms with Crippen molar-refractivity contribution in [3.05, 3.63) is 65.9 Å². The highest BCUT2D eigenvalue weighted by molar-refractivity contribution is 5.90. The predicted octanol–water partition coefficient (Wildman–Crippen LogP) is 3.05. The van der Waals surface area contributed by atoms with E-state index in [1.165, 1.54) is 6.92 Å². The quantitative estimate of drug-likeness (QED) is 0.609. The van der Waals surface area contributed by atoms with Crippen molar-refractivity contribution >= 4 is 17.6 Å². The molecule has 0 spiro atoms. The number of benzene rings is 2. The molecule has 28 heavy (non-hydrogen) atoms. The Labute approximate surface area is 161 Å². The lowest BCUT2D eigenvalue weighted by atomic mass is 10.1. The maximum absolute atomic E-state index is 12.6. The number of aromatic nitrogens is 2. The Morgan fingerprint density at radius 2 is 1.82 bits per heavy atom. The smallest absolute Gasteiger partial charge is 0.322 e. The topological polar surface area (TPSA) is 99.3 Å². The molecular weight excluding hydrogens is 358 g/mol. The molecule has 8 heteroatoms. The first kappa shape index (κ1) is 17.6. The van der Waals surface area contributed by atoms with E-state index < -0.39 is 0 Å². The van der Waals surface area contributed by atoms with Crippen LogP contribution in [-0.2, 0) is 17.9 Å². The number of H-pyrrole nitrogens is 1. The summed E-state index contributed by atoms with van der Waals surface area (Å²) in [6.45, 7) is 2.24. The Morgan fingerprint density at radius 1 is 1.07 bits per heavy atom. The number of rotatable bonds is 4. The van der Waals surface area contributed by atoms with Crippen LogP contribution >= 0.6 is 0 Å². The minimum absolute atomic E-state index is 0.176. The van der Waals surface area contributed by atoms with E-state index in [2.05, 4.69) is 21.0 Å². The van der Waals surface area contributed by atoms with Crippen molar-refractivity contribution in [1.29, 1.82) is 0 Å². The van der Waals surface area contributed by atoms with Crippen LogP contribution in [0.3, 0.4) is 0 Å². The largest absolute Gasteiger partial charge is 0.379 e. The molecule has 3 amide bonds. The molecule has 0 bridgehead atoms. The SMILES string of the molecule is CC(=O)NOc1ccccc1-c1n[nH]c2c1CN(C(=O)Nc1ccccc1)C2. The van der Waals surface area contributed by atoms with Crippen LogP contribution < -0.4 is 15.6 Å². The number of hydrogen-bond donors (Lipinski definition) is 3. The number of hydrogen-bond acceptors (Lipinski definition) is 4. The van der Waals surface area contributed by atoms with E-state index in [9.17, 15) is 9.59 Å². The zero-order valence-electron chi connectivity index (χ0n) is 15.2. The monoisotopic (exact) mass is 377 g/mol. The van der Waals surface area contributed by atoms with Gasteiger partial charge in [0.1, 0.15) is 5.69 Å². The van der Waals surface area contributed by atoms with E-state index in [-0.39, 0.29) is 11.9 Å². The van der Waals surface area contributed by atoms with E-state index in [0.29, 0.717) is 24.5 Å². The van der Waals surface area contributed by atoms with Gasteiger partial charge in [0.05, 0.1) is 18.8 Å². The summed E-state index contributed by atoms with van der Waals surface area (Å²) in [6, 6.07) is 16.4. The van der Waals surface area contributed by atoms with Crippen LogP contribution in [0.25, 0.3) is 11.3 Å². The molecule has 0 radical (unpaired) electrons. The van der Waals surface area contributed by atoms with Gasteiger partial charge in [0.15, 0.2) is 5.75 Å². The number of nitrogens with zero attached hydrogens (tertiary/aromatic N) is 2. The summed E-state index contributed by atoms with van der Waals surface area (Å²) in [6.07, 6.45) is 0. The van der Waals surface area contributed by atoms with Gasteiger partial charge in [-0.05, 0) is 24.3 Å². The zero-order valence-corrected chi connectivity index (χ0v) is 15.2. The number of urea groups is 1. The van der Waals surface area contributed by atoms with Gasteiger partial charge in [-0.1, -0.05) is 30.3 Å². The molecule has 4 rings (SSSR count). The molecule has 2 heterocycles. The molecule has 1 aliphatic rings. The molecule has 8 nitrogen and oxygen atoms in total. The first-order valence-corrected chi connectivity index (χ1v) is 8.81. The van der Waals surface area contributed by atoms with Gasteiger partial charge in [0.2, 0.25) is 5.91 Å². The van der Waals surface area contributed by atoms with Gasteiger partial charge in [-0.3, -0.25) is 9.89 Å². The molecule has 0 fully saturated rings. The third kappa shape index (κ3) is 3.52. The van der Waals surface area contributed by atoms with Crippen molar-refractivity contribution in [2.45, 2.75) is 20.0 Å². The van der Waals surface area contributed by atoms with Crippen molar-refractivity contribution < 1.29 is 14.4 Å². The second kappa shape index (κ2) is 7.43. The Kier molecular flexibility index (Phi) is 4.67. The molecule has 3 aromatic rings. The minimum atomic E-state index is -0.300. The Morgan fingerprint density at radius 3 is 2.61 bits per heavy atom. The summed E-state index contributed by atoms with van der Waals surface area (Å²) >= 11 is 0. The van der Waals surface area contributed by atoms with E-state index in [4.69, 9.17) is 4.84 Å². The molecule has 0 atom stereocenters. The van der Waals surface area contributed by atoms with E-state index in [0.717, 1.165) is 22.5 Å². The third-order valence-corrected chi connectivity index (χ3v) is 4.41. The first-order valence-electron chi connectivity index (χ1n) is 8.81. The van der Waals surface area contributed by atoms with Gasteiger partial charge in [0, 0.05) is 23.7 Å². The van der Waals surface area contributed by atoms with Crippen LogP contribution in [0.4, 0.5) is 10.5 Å². The molecular formula is C20H19N5O3. The van der Waals surface area contributed by atoms with Gasteiger partial charge in [-0.25, -0.2) is 4.79 Å². The second-order valence-electron chi connectivity index (χ2n) is 6.44. The summed E-state index contributed by atoms with van der Waals surface area (Å²) in [5.74, 6) is 0.185. The Bertz CT molecular complexity index is 1020. The fourth-order valence-corrected chi connectivity index (χ4v) is 3.11. The molecule has 3 N–H and O–H groups in total. The average molecular weight is 377 g/mol. The Balaban J connectivity index is 1.54. The molecule has 0 saturated heterocycles. The fraction of sp³-hybridized carbons (Fsp3) is 0.150.